The van der Waals surface area contributed by atoms with Gasteiger partial charge >= 0.3 is 12.2 Å². The number of carbonyl (C=O) groups is 6. The fourth-order valence-electron chi connectivity index (χ4n) is 4.81. The molecule has 13 heteroatoms. The van der Waals surface area contributed by atoms with E-state index in [1.807, 2.05) is 13.8 Å². The molecule has 1 heterocycles. The van der Waals surface area contributed by atoms with Crippen molar-refractivity contribution in [2.45, 2.75) is 97.3 Å². The highest BCUT2D eigenvalue weighted by molar-refractivity contribution is 6.37. The molecular formula is C27H45N5O8. The molecule has 1 aliphatic carbocycles. The van der Waals surface area contributed by atoms with Crippen molar-refractivity contribution in [3.05, 3.63) is 0 Å². The largest absolute Gasteiger partial charge is 0.508 e. The summed E-state index contributed by atoms with van der Waals surface area (Å²) in [6, 6.07) is -4.06. The van der Waals surface area contributed by atoms with E-state index in [0.717, 1.165) is 19.3 Å². The van der Waals surface area contributed by atoms with Gasteiger partial charge in [-0.05, 0) is 36.5 Å². The summed E-state index contributed by atoms with van der Waals surface area (Å²) >= 11 is 0. The predicted molar refractivity (Wildman–Crippen MR) is 145 cm³/mol. The standard InChI is InChI=1S/C27H45N5O8/c1-15(2)18(14-40-26(38)39-6)30-25(37)31-21(27(3,4)5)24(36)32-12-8-11-19(32)23(35)29-17(20(33)22(28)34)13-16-9-7-10-16/h15-19,21H,7-14H2,1-6H3,(H2,28,34)(H,29,35)(H2,30,31,37)/t17?,18-,19+,21-/m1/s1. The van der Waals surface area contributed by atoms with E-state index in [9.17, 15) is 28.8 Å². The molecule has 226 valence electrons. The Morgan fingerprint density at radius 2 is 1.62 bits per heavy atom. The number of amides is 5. The number of hydrogen-bond donors (Lipinski definition) is 4. The highest BCUT2D eigenvalue weighted by Gasteiger charge is 2.43. The van der Waals surface area contributed by atoms with Crippen LogP contribution in [0.4, 0.5) is 9.59 Å². The molecule has 13 nitrogen and oxygen atoms in total. The molecule has 0 spiro atoms. The van der Waals surface area contributed by atoms with Crippen LogP contribution in [-0.4, -0.2) is 85.0 Å². The fraction of sp³-hybridized carbons (Fsp3) is 0.778. The molecule has 0 aromatic heterocycles. The summed E-state index contributed by atoms with van der Waals surface area (Å²) in [4.78, 5) is 76.8. The zero-order valence-corrected chi connectivity index (χ0v) is 24.4. The van der Waals surface area contributed by atoms with Crippen LogP contribution in [0.15, 0.2) is 0 Å². The third-order valence-corrected chi connectivity index (χ3v) is 7.57. The third kappa shape index (κ3) is 9.09. The van der Waals surface area contributed by atoms with Gasteiger partial charge < -0.3 is 36.1 Å². The smallest absolute Gasteiger partial charge is 0.438 e. The summed E-state index contributed by atoms with van der Waals surface area (Å²) in [7, 11) is 1.18. The van der Waals surface area contributed by atoms with Crippen molar-refractivity contribution in [2.24, 2.45) is 23.0 Å². The summed E-state index contributed by atoms with van der Waals surface area (Å²) < 4.78 is 9.45. The van der Waals surface area contributed by atoms with Crippen molar-refractivity contribution in [1.82, 2.24) is 20.9 Å². The van der Waals surface area contributed by atoms with Crippen LogP contribution >= 0.6 is 0 Å². The molecule has 5 N–H and O–H groups in total. The number of methoxy groups -OCH3 is 1. The first kappa shape index (κ1) is 32.8. The molecule has 5 amide bonds. The van der Waals surface area contributed by atoms with E-state index in [4.69, 9.17) is 10.5 Å². The van der Waals surface area contributed by atoms with Crippen molar-refractivity contribution >= 4 is 35.7 Å². The van der Waals surface area contributed by atoms with Crippen LogP contribution in [0, 0.1) is 17.3 Å². The van der Waals surface area contributed by atoms with Crippen LogP contribution < -0.4 is 21.7 Å². The number of Topliss-reactive ketones (excluding diaryl/α,β-unsaturated/α-hetero) is 1. The number of carbonyl (C=O) groups excluding carboxylic acids is 6. The third-order valence-electron chi connectivity index (χ3n) is 7.57. The number of ether oxygens (including phenoxy) is 2. The Morgan fingerprint density at radius 1 is 0.975 bits per heavy atom. The van der Waals surface area contributed by atoms with Crippen LogP contribution in [0.2, 0.25) is 0 Å². The Balaban J connectivity index is 2.13. The van der Waals surface area contributed by atoms with Gasteiger partial charge in [0.1, 0.15) is 18.7 Å². The molecule has 0 bridgehead atoms. The van der Waals surface area contributed by atoms with Gasteiger partial charge in [-0.2, -0.15) is 0 Å². The summed E-state index contributed by atoms with van der Waals surface area (Å²) in [6.45, 7) is 9.24. The van der Waals surface area contributed by atoms with E-state index in [1.165, 1.54) is 12.0 Å². The number of rotatable bonds is 12. The number of hydrogen-bond acceptors (Lipinski definition) is 8. The van der Waals surface area contributed by atoms with Gasteiger partial charge in [0.2, 0.25) is 17.6 Å². The lowest BCUT2D eigenvalue weighted by atomic mass is 9.80. The predicted octanol–water partition coefficient (Wildman–Crippen LogP) is 1.23. The zero-order valence-electron chi connectivity index (χ0n) is 24.4. The van der Waals surface area contributed by atoms with Gasteiger partial charge in [0.15, 0.2) is 0 Å². The van der Waals surface area contributed by atoms with Gasteiger partial charge in [-0.1, -0.05) is 53.9 Å². The summed E-state index contributed by atoms with van der Waals surface area (Å²) in [6.07, 6.45) is 3.26. The lowest BCUT2D eigenvalue weighted by Crippen LogP contribution is -2.61. The Kier molecular flexibility index (Phi) is 11.7. The van der Waals surface area contributed by atoms with Crippen LogP contribution in [-0.2, 0) is 28.7 Å². The number of urea groups is 1. The van der Waals surface area contributed by atoms with Crippen molar-refractivity contribution in [3.63, 3.8) is 0 Å². The quantitative estimate of drug-likeness (QED) is 0.200. The molecule has 0 aromatic carbocycles. The van der Waals surface area contributed by atoms with E-state index in [2.05, 4.69) is 20.7 Å². The SMILES string of the molecule is COC(=O)OC[C@@H](NC(=O)N[C@H](C(=O)N1CCC[C@H]1C(=O)NC(CC1CCC1)C(=O)C(N)=O)C(C)(C)C)C(C)C. The maximum absolute atomic E-state index is 13.8. The van der Waals surface area contributed by atoms with E-state index < -0.39 is 65.3 Å². The molecule has 2 aliphatic rings. The Morgan fingerprint density at radius 3 is 2.12 bits per heavy atom. The number of primary amides is 1. The zero-order chi connectivity index (χ0) is 30.2. The van der Waals surface area contributed by atoms with Gasteiger partial charge in [-0.25, -0.2) is 9.59 Å². The van der Waals surface area contributed by atoms with Crippen molar-refractivity contribution < 1.29 is 38.2 Å². The molecule has 1 aliphatic heterocycles. The molecule has 1 unspecified atom stereocenters. The van der Waals surface area contributed by atoms with Gasteiger partial charge in [0, 0.05) is 6.54 Å². The van der Waals surface area contributed by atoms with Crippen molar-refractivity contribution in [3.8, 4) is 0 Å². The average Bonchev–Trinajstić information content (AvgIpc) is 3.34. The minimum absolute atomic E-state index is 0.0955. The summed E-state index contributed by atoms with van der Waals surface area (Å²) in [5.41, 5.74) is 4.50. The molecule has 2 fully saturated rings. The monoisotopic (exact) mass is 567 g/mol. The van der Waals surface area contributed by atoms with Gasteiger partial charge in [0.05, 0.1) is 19.2 Å². The molecule has 0 aromatic rings. The Hall–Kier alpha value is -3.38. The maximum Gasteiger partial charge on any atom is 0.508 e. The van der Waals surface area contributed by atoms with Crippen LogP contribution in [0.1, 0.15) is 73.1 Å². The normalized spacial score (nSPS) is 19.6. The second kappa shape index (κ2) is 14.3. The highest BCUT2D eigenvalue weighted by Crippen LogP contribution is 2.31. The lowest BCUT2D eigenvalue weighted by molar-refractivity contribution is -0.143. The average molecular weight is 568 g/mol. The maximum atomic E-state index is 13.8. The second-order valence-corrected chi connectivity index (χ2v) is 12.0. The van der Waals surface area contributed by atoms with E-state index in [-0.39, 0.29) is 18.4 Å². The van der Waals surface area contributed by atoms with E-state index >= 15 is 0 Å². The number of nitrogens with two attached hydrogens (primary N) is 1. The van der Waals surface area contributed by atoms with Crippen LogP contribution in [0.3, 0.4) is 0 Å². The summed E-state index contributed by atoms with van der Waals surface area (Å²) in [5, 5.41) is 8.15. The minimum atomic E-state index is -1.11. The molecular weight excluding hydrogens is 522 g/mol. The molecule has 0 radical (unpaired) electrons. The number of likely N-dealkylation sites (tertiary alicyclic amines) is 1. The minimum Gasteiger partial charge on any atom is -0.438 e. The van der Waals surface area contributed by atoms with Crippen molar-refractivity contribution in [2.75, 3.05) is 20.3 Å². The molecule has 1 saturated carbocycles. The van der Waals surface area contributed by atoms with Crippen molar-refractivity contribution in [1.29, 1.82) is 0 Å². The molecule has 1 saturated heterocycles. The lowest BCUT2D eigenvalue weighted by Gasteiger charge is -2.36. The van der Waals surface area contributed by atoms with Crippen LogP contribution in [0.25, 0.3) is 0 Å². The molecule has 40 heavy (non-hydrogen) atoms. The topological polar surface area (TPSA) is 186 Å². The Labute approximate surface area is 235 Å². The van der Waals surface area contributed by atoms with E-state index in [0.29, 0.717) is 25.8 Å². The second-order valence-electron chi connectivity index (χ2n) is 12.0. The Bertz CT molecular complexity index is 959. The van der Waals surface area contributed by atoms with Crippen LogP contribution in [0.5, 0.6) is 0 Å². The van der Waals surface area contributed by atoms with Gasteiger partial charge in [0.25, 0.3) is 5.91 Å². The number of ketones is 1. The first-order chi connectivity index (χ1) is 18.6. The van der Waals surface area contributed by atoms with Gasteiger partial charge in [-0.3, -0.25) is 19.2 Å². The first-order valence-corrected chi connectivity index (χ1v) is 13.9. The molecule has 4 atom stereocenters. The molecule has 2 rings (SSSR count). The number of nitrogens with zero attached hydrogens (tertiary/aromatic N) is 1. The fourth-order valence-corrected chi connectivity index (χ4v) is 4.81. The number of nitrogens with one attached hydrogen (secondary N) is 3. The highest BCUT2D eigenvalue weighted by atomic mass is 16.7. The summed E-state index contributed by atoms with van der Waals surface area (Å²) in [5.74, 6) is -2.79. The first-order valence-electron chi connectivity index (χ1n) is 13.9. The van der Waals surface area contributed by atoms with E-state index in [1.54, 1.807) is 20.8 Å². The van der Waals surface area contributed by atoms with Gasteiger partial charge in [-0.15, -0.1) is 0 Å².